The van der Waals surface area contributed by atoms with Crippen LogP contribution in [0, 0.1) is 0 Å². The number of para-hydroxylation sites is 2. The Kier molecular flexibility index (Phi) is 4.58. The van der Waals surface area contributed by atoms with E-state index in [1.165, 1.54) is 21.2 Å². The van der Waals surface area contributed by atoms with Crippen molar-refractivity contribution in [3.63, 3.8) is 0 Å². The minimum Gasteiger partial charge on any atom is -1.00 e. The first kappa shape index (κ1) is 14.9. The number of quaternary nitrogens is 1. The summed E-state index contributed by atoms with van der Waals surface area (Å²) in [6.07, 6.45) is 0. The van der Waals surface area contributed by atoms with Gasteiger partial charge < -0.3 is 24.0 Å². The molecule has 0 atom stereocenters. The van der Waals surface area contributed by atoms with E-state index in [9.17, 15) is 0 Å². The van der Waals surface area contributed by atoms with Crippen LogP contribution in [-0.2, 0) is 0 Å². The van der Waals surface area contributed by atoms with Gasteiger partial charge in [-0.25, -0.2) is 0 Å². The van der Waals surface area contributed by atoms with Crippen LogP contribution in [0.2, 0.25) is 0 Å². The SMILES string of the molecule is CC[N+]1(CC)c2ccccc2Sc2ccccc21.[I-]. The fraction of sp³-hybridized carbons (Fsp3) is 0.250. The zero-order chi connectivity index (χ0) is 12.6. The predicted molar refractivity (Wildman–Crippen MR) is 79.5 cm³/mol. The Morgan fingerprint density at radius 3 is 1.63 bits per heavy atom. The number of halogens is 1. The maximum absolute atomic E-state index is 2.28. The molecule has 2 aromatic carbocycles. The topological polar surface area (TPSA) is 0 Å². The average molecular weight is 383 g/mol. The van der Waals surface area contributed by atoms with Gasteiger partial charge in [-0.15, -0.1) is 0 Å². The van der Waals surface area contributed by atoms with E-state index in [4.69, 9.17) is 0 Å². The quantitative estimate of drug-likeness (QED) is 0.564. The molecule has 100 valence electrons. The van der Waals surface area contributed by atoms with Gasteiger partial charge in [-0.05, 0) is 26.0 Å². The van der Waals surface area contributed by atoms with Crippen molar-refractivity contribution in [1.29, 1.82) is 0 Å². The molecule has 0 saturated heterocycles. The molecule has 0 spiro atoms. The maximum atomic E-state index is 2.28. The Hall–Kier alpha value is -0.520. The van der Waals surface area contributed by atoms with E-state index in [1.54, 1.807) is 0 Å². The van der Waals surface area contributed by atoms with Crippen LogP contribution in [0.15, 0.2) is 58.3 Å². The first-order chi connectivity index (χ1) is 8.81. The van der Waals surface area contributed by atoms with Gasteiger partial charge in [0.15, 0.2) is 11.4 Å². The van der Waals surface area contributed by atoms with Crippen molar-refractivity contribution in [2.45, 2.75) is 23.6 Å². The molecule has 19 heavy (non-hydrogen) atoms. The molecule has 0 fully saturated rings. The molecule has 0 N–H and O–H groups in total. The lowest BCUT2D eigenvalue weighted by Gasteiger charge is -2.40. The van der Waals surface area contributed by atoms with Crippen molar-refractivity contribution in [3.8, 4) is 0 Å². The number of fused-ring (bicyclic) bond motifs is 2. The summed E-state index contributed by atoms with van der Waals surface area (Å²) < 4.78 is 0.972. The summed E-state index contributed by atoms with van der Waals surface area (Å²) in [4.78, 5) is 2.81. The van der Waals surface area contributed by atoms with E-state index in [0.717, 1.165) is 17.6 Å². The summed E-state index contributed by atoms with van der Waals surface area (Å²) in [6.45, 7) is 6.77. The standard InChI is InChI=1S/C16H18NS.HI/c1-3-17(4-2)13-9-5-7-11-15(13)18-16-12-8-6-10-14(16)17;/h5-12H,3-4H2,1-2H3;1H/q+1;/p-1. The second kappa shape index (κ2) is 5.85. The summed E-state index contributed by atoms with van der Waals surface area (Å²) in [6, 6.07) is 17.6. The molecule has 1 aliphatic heterocycles. The van der Waals surface area contributed by atoms with E-state index >= 15 is 0 Å². The van der Waals surface area contributed by atoms with Crippen LogP contribution >= 0.6 is 11.8 Å². The van der Waals surface area contributed by atoms with E-state index < -0.39 is 0 Å². The molecule has 2 aromatic rings. The van der Waals surface area contributed by atoms with Crippen LogP contribution in [0.5, 0.6) is 0 Å². The average Bonchev–Trinajstić information content (AvgIpc) is 2.45. The highest BCUT2D eigenvalue weighted by atomic mass is 127. The number of rotatable bonds is 2. The second-order valence-electron chi connectivity index (χ2n) is 4.64. The first-order valence-electron chi connectivity index (χ1n) is 6.56. The van der Waals surface area contributed by atoms with Gasteiger partial charge >= 0.3 is 0 Å². The molecule has 0 saturated carbocycles. The van der Waals surface area contributed by atoms with Crippen LogP contribution in [0.3, 0.4) is 0 Å². The molecule has 0 amide bonds. The molecular formula is C16H18INS. The Balaban J connectivity index is 0.00000133. The van der Waals surface area contributed by atoms with Gasteiger partial charge in [-0.2, -0.15) is 0 Å². The van der Waals surface area contributed by atoms with Crippen LogP contribution in [-0.4, -0.2) is 13.1 Å². The number of nitrogens with zero attached hydrogens (tertiary/aromatic N) is 1. The van der Waals surface area contributed by atoms with Crippen LogP contribution < -0.4 is 28.5 Å². The summed E-state index contributed by atoms with van der Waals surface area (Å²) in [5, 5.41) is 0. The van der Waals surface area contributed by atoms with Gasteiger partial charge in [-0.3, -0.25) is 4.48 Å². The van der Waals surface area contributed by atoms with E-state index in [2.05, 4.69) is 62.4 Å². The van der Waals surface area contributed by atoms with Gasteiger partial charge in [0.2, 0.25) is 0 Å². The minimum atomic E-state index is 0. The van der Waals surface area contributed by atoms with Crippen LogP contribution in [0.4, 0.5) is 11.4 Å². The van der Waals surface area contributed by atoms with Gasteiger partial charge in [0.05, 0.1) is 22.9 Å². The van der Waals surface area contributed by atoms with Gasteiger partial charge in [0.25, 0.3) is 0 Å². The van der Waals surface area contributed by atoms with E-state index in [-0.39, 0.29) is 24.0 Å². The zero-order valence-corrected chi connectivity index (χ0v) is 14.2. The molecule has 3 rings (SSSR count). The molecule has 0 bridgehead atoms. The van der Waals surface area contributed by atoms with Crippen molar-refractivity contribution in [2.24, 2.45) is 0 Å². The maximum Gasteiger partial charge on any atom is 0.152 e. The van der Waals surface area contributed by atoms with Crippen molar-refractivity contribution < 1.29 is 24.0 Å². The highest BCUT2D eigenvalue weighted by molar-refractivity contribution is 7.99. The third-order valence-corrected chi connectivity index (χ3v) is 5.08. The van der Waals surface area contributed by atoms with Crippen molar-refractivity contribution in [1.82, 2.24) is 4.48 Å². The number of hydrogen-bond acceptors (Lipinski definition) is 1. The zero-order valence-electron chi connectivity index (χ0n) is 11.3. The van der Waals surface area contributed by atoms with Gasteiger partial charge in [0, 0.05) is 12.1 Å². The summed E-state index contributed by atoms with van der Waals surface area (Å²) in [5.74, 6) is 0. The molecule has 1 nitrogen and oxygen atoms in total. The summed E-state index contributed by atoms with van der Waals surface area (Å²) in [7, 11) is 0. The fourth-order valence-electron chi connectivity index (χ4n) is 2.95. The molecule has 3 heteroatoms. The molecule has 0 aliphatic carbocycles. The number of hydrogen-bond donors (Lipinski definition) is 0. The van der Waals surface area contributed by atoms with Crippen molar-refractivity contribution in [2.75, 3.05) is 13.1 Å². The van der Waals surface area contributed by atoms with Crippen LogP contribution in [0.25, 0.3) is 0 Å². The molecular weight excluding hydrogens is 365 g/mol. The van der Waals surface area contributed by atoms with Gasteiger partial charge in [-0.1, -0.05) is 36.0 Å². The normalized spacial score (nSPS) is 15.1. The molecule has 1 heterocycles. The largest absolute Gasteiger partial charge is 1.00 e. The number of benzene rings is 2. The lowest BCUT2D eigenvalue weighted by atomic mass is 10.1. The highest BCUT2D eigenvalue weighted by Crippen LogP contribution is 2.52. The fourth-order valence-corrected chi connectivity index (χ4v) is 4.17. The Morgan fingerprint density at radius 1 is 0.789 bits per heavy atom. The van der Waals surface area contributed by atoms with Gasteiger partial charge in [0.1, 0.15) is 0 Å². The Bertz CT molecular complexity index is 531. The Labute approximate surface area is 136 Å². The first-order valence-corrected chi connectivity index (χ1v) is 7.37. The molecule has 1 aliphatic rings. The molecule has 0 aromatic heterocycles. The molecule has 0 radical (unpaired) electrons. The molecule has 0 unspecified atom stereocenters. The smallest absolute Gasteiger partial charge is 0.152 e. The van der Waals surface area contributed by atoms with E-state index in [0.29, 0.717) is 0 Å². The highest BCUT2D eigenvalue weighted by Gasteiger charge is 2.38. The van der Waals surface area contributed by atoms with Crippen molar-refractivity contribution >= 4 is 23.1 Å². The predicted octanol–water partition coefficient (Wildman–Crippen LogP) is 1.83. The third kappa shape index (κ3) is 2.22. The monoisotopic (exact) mass is 383 g/mol. The Morgan fingerprint density at radius 2 is 1.21 bits per heavy atom. The van der Waals surface area contributed by atoms with E-state index in [1.807, 2.05) is 11.8 Å². The second-order valence-corrected chi connectivity index (χ2v) is 5.72. The summed E-state index contributed by atoms with van der Waals surface area (Å²) in [5.41, 5.74) is 2.90. The lowest BCUT2D eigenvalue weighted by molar-refractivity contribution is -0.00000361. The van der Waals surface area contributed by atoms with Crippen molar-refractivity contribution in [3.05, 3.63) is 48.5 Å². The minimum absolute atomic E-state index is 0. The van der Waals surface area contributed by atoms with Crippen LogP contribution in [0.1, 0.15) is 13.8 Å². The third-order valence-electron chi connectivity index (χ3n) is 3.95. The summed E-state index contributed by atoms with van der Waals surface area (Å²) >= 11 is 1.90. The lowest BCUT2D eigenvalue weighted by Crippen LogP contribution is -3.00.